The van der Waals surface area contributed by atoms with E-state index in [9.17, 15) is 0 Å². The van der Waals surface area contributed by atoms with Crippen molar-refractivity contribution < 1.29 is 0 Å². The van der Waals surface area contributed by atoms with Gasteiger partial charge in [0, 0.05) is 37.3 Å². The highest BCUT2D eigenvalue weighted by atomic mass is 15.0. The van der Waals surface area contributed by atoms with Crippen molar-refractivity contribution in [2.45, 2.75) is 38.8 Å². The van der Waals surface area contributed by atoms with Gasteiger partial charge in [-0.25, -0.2) is 0 Å². The average Bonchev–Trinajstić information content (AvgIpc) is 2.01. The molecule has 4 heteroatoms. The third kappa shape index (κ3) is 8.44. The van der Waals surface area contributed by atoms with Gasteiger partial charge in [0.1, 0.15) is 0 Å². The first-order valence-corrected chi connectivity index (χ1v) is 5.21. The molecular formula is C10H26N4. The summed E-state index contributed by atoms with van der Waals surface area (Å²) in [5.41, 5.74) is 11.3. The Morgan fingerprint density at radius 3 is 2.07 bits per heavy atom. The summed E-state index contributed by atoms with van der Waals surface area (Å²) >= 11 is 0. The van der Waals surface area contributed by atoms with Crippen molar-refractivity contribution in [1.82, 2.24) is 10.6 Å². The minimum absolute atomic E-state index is 0.0277. The van der Waals surface area contributed by atoms with Gasteiger partial charge >= 0.3 is 0 Å². The minimum atomic E-state index is -0.136. The van der Waals surface area contributed by atoms with E-state index in [4.69, 9.17) is 11.5 Å². The van der Waals surface area contributed by atoms with Crippen LogP contribution in [0.5, 0.6) is 0 Å². The van der Waals surface area contributed by atoms with Crippen LogP contribution in [-0.4, -0.2) is 37.3 Å². The van der Waals surface area contributed by atoms with Crippen LogP contribution in [0.4, 0.5) is 0 Å². The van der Waals surface area contributed by atoms with Gasteiger partial charge in [0.05, 0.1) is 0 Å². The van der Waals surface area contributed by atoms with Crippen LogP contribution in [-0.2, 0) is 0 Å². The third-order valence-electron chi connectivity index (χ3n) is 2.00. The molecule has 0 spiro atoms. The number of nitrogens with two attached hydrogens (primary N) is 2. The highest BCUT2D eigenvalue weighted by molar-refractivity contribution is 4.79. The number of hydrogen-bond acceptors (Lipinski definition) is 4. The summed E-state index contributed by atoms with van der Waals surface area (Å²) in [5, 5.41) is 6.66. The lowest BCUT2D eigenvalue weighted by Gasteiger charge is -2.25. The van der Waals surface area contributed by atoms with Crippen LogP contribution in [0.15, 0.2) is 0 Å². The van der Waals surface area contributed by atoms with Crippen LogP contribution < -0.4 is 22.1 Å². The van der Waals surface area contributed by atoms with Gasteiger partial charge in [-0.05, 0) is 27.7 Å². The Morgan fingerprint density at radius 1 is 1.07 bits per heavy atom. The Bertz CT molecular complexity index is 149. The smallest absolute Gasteiger partial charge is 0.0247 e. The highest BCUT2D eigenvalue weighted by Crippen LogP contribution is 1.96. The van der Waals surface area contributed by atoms with E-state index in [1.807, 2.05) is 13.8 Å². The zero-order valence-electron chi connectivity index (χ0n) is 9.98. The van der Waals surface area contributed by atoms with Gasteiger partial charge in [-0.3, -0.25) is 0 Å². The lowest BCUT2D eigenvalue weighted by atomic mass is 10.1. The van der Waals surface area contributed by atoms with Gasteiger partial charge in [0.25, 0.3) is 0 Å². The lowest BCUT2D eigenvalue weighted by Crippen LogP contribution is -2.49. The van der Waals surface area contributed by atoms with Crippen molar-refractivity contribution in [2.75, 3.05) is 26.2 Å². The summed E-state index contributed by atoms with van der Waals surface area (Å²) in [5.74, 6) is 0. The minimum Gasteiger partial charge on any atom is -0.329 e. The zero-order valence-corrected chi connectivity index (χ0v) is 9.98. The summed E-state index contributed by atoms with van der Waals surface area (Å²) in [6, 6.07) is 0. The SMILES string of the molecule is CC(C)(N)CNCCNC(C)(C)CN. The molecule has 0 unspecified atom stereocenters. The molecule has 0 aromatic carbocycles. The van der Waals surface area contributed by atoms with Crippen LogP contribution in [0.25, 0.3) is 0 Å². The van der Waals surface area contributed by atoms with Crippen molar-refractivity contribution in [3.8, 4) is 0 Å². The first-order chi connectivity index (χ1) is 6.27. The molecule has 14 heavy (non-hydrogen) atoms. The molecule has 0 aromatic heterocycles. The molecular weight excluding hydrogens is 176 g/mol. The molecule has 0 heterocycles. The maximum absolute atomic E-state index is 5.83. The van der Waals surface area contributed by atoms with Crippen molar-refractivity contribution in [2.24, 2.45) is 11.5 Å². The maximum atomic E-state index is 5.83. The largest absolute Gasteiger partial charge is 0.329 e. The summed E-state index contributed by atoms with van der Waals surface area (Å²) in [4.78, 5) is 0. The second-order valence-corrected chi connectivity index (χ2v) is 5.18. The van der Waals surface area contributed by atoms with E-state index in [1.165, 1.54) is 0 Å². The Labute approximate surface area is 87.8 Å². The number of rotatable bonds is 7. The molecule has 0 radical (unpaired) electrons. The third-order valence-corrected chi connectivity index (χ3v) is 2.00. The van der Waals surface area contributed by atoms with E-state index in [2.05, 4.69) is 24.5 Å². The Hall–Kier alpha value is -0.160. The van der Waals surface area contributed by atoms with E-state index in [0.717, 1.165) is 19.6 Å². The Morgan fingerprint density at radius 2 is 1.64 bits per heavy atom. The first-order valence-electron chi connectivity index (χ1n) is 5.21. The van der Waals surface area contributed by atoms with Crippen molar-refractivity contribution in [3.63, 3.8) is 0 Å². The van der Waals surface area contributed by atoms with E-state index < -0.39 is 0 Å². The number of hydrogen-bond donors (Lipinski definition) is 4. The standard InChI is InChI=1S/C10H26N4/c1-9(2,12)8-13-5-6-14-10(3,4)7-11/h13-14H,5-8,11-12H2,1-4H3. The van der Waals surface area contributed by atoms with E-state index in [-0.39, 0.29) is 11.1 Å². The second kappa shape index (κ2) is 5.66. The quantitative estimate of drug-likeness (QED) is 0.425. The van der Waals surface area contributed by atoms with Gasteiger partial charge in [0.2, 0.25) is 0 Å². The van der Waals surface area contributed by atoms with Crippen molar-refractivity contribution in [3.05, 3.63) is 0 Å². The van der Waals surface area contributed by atoms with Gasteiger partial charge in [-0.2, -0.15) is 0 Å². The summed E-state index contributed by atoms with van der Waals surface area (Å²) in [6.07, 6.45) is 0. The van der Waals surface area contributed by atoms with Crippen LogP contribution in [0.3, 0.4) is 0 Å². The average molecular weight is 202 g/mol. The van der Waals surface area contributed by atoms with Gasteiger partial charge in [-0.1, -0.05) is 0 Å². The number of nitrogens with one attached hydrogen (secondary N) is 2. The summed E-state index contributed by atoms with van der Waals surface area (Å²) < 4.78 is 0. The van der Waals surface area contributed by atoms with Gasteiger partial charge in [-0.15, -0.1) is 0 Å². The summed E-state index contributed by atoms with van der Waals surface area (Å²) in [7, 11) is 0. The molecule has 0 amide bonds. The Kier molecular flexibility index (Phi) is 5.59. The lowest BCUT2D eigenvalue weighted by molar-refractivity contribution is 0.387. The van der Waals surface area contributed by atoms with Gasteiger partial charge in [0.15, 0.2) is 0 Å². The zero-order chi connectivity index (χ0) is 11.2. The van der Waals surface area contributed by atoms with E-state index in [0.29, 0.717) is 6.54 Å². The molecule has 0 saturated heterocycles. The molecule has 86 valence electrons. The normalized spacial score (nSPS) is 13.3. The monoisotopic (exact) mass is 202 g/mol. The molecule has 0 fully saturated rings. The molecule has 0 bridgehead atoms. The van der Waals surface area contributed by atoms with Crippen LogP contribution in [0.1, 0.15) is 27.7 Å². The molecule has 0 aliphatic carbocycles. The predicted molar refractivity (Wildman–Crippen MR) is 62.3 cm³/mol. The van der Waals surface area contributed by atoms with Crippen molar-refractivity contribution >= 4 is 0 Å². The molecule has 4 nitrogen and oxygen atoms in total. The van der Waals surface area contributed by atoms with E-state index in [1.54, 1.807) is 0 Å². The van der Waals surface area contributed by atoms with Crippen LogP contribution in [0.2, 0.25) is 0 Å². The molecule has 0 atom stereocenters. The second-order valence-electron chi connectivity index (χ2n) is 5.18. The molecule has 0 aromatic rings. The van der Waals surface area contributed by atoms with Crippen LogP contribution in [0, 0.1) is 0 Å². The van der Waals surface area contributed by atoms with Crippen LogP contribution >= 0.6 is 0 Å². The molecule has 0 aliphatic heterocycles. The fourth-order valence-corrected chi connectivity index (χ4v) is 0.972. The summed E-state index contributed by atoms with van der Waals surface area (Å²) in [6.45, 7) is 11.5. The fraction of sp³-hybridized carbons (Fsp3) is 1.00. The molecule has 0 saturated carbocycles. The van der Waals surface area contributed by atoms with E-state index >= 15 is 0 Å². The molecule has 6 N–H and O–H groups in total. The van der Waals surface area contributed by atoms with Gasteiger partial charge < -0.3 is 22.1 Å². The fourth-order valence-electron chi connectivity index (χ4n) is 0.972. The molecule has 0 rings (SSSR count). The first kappa shape index (κ1) is 13.8. The topological polar surface area (TPSA) is 76.1 Å². The molecule has 0 aliphatic rings. The predicted octanol–water partition coefficient (Wildman–Crippen LogP) is -0.360. The maximum Gasteiger partial charge on any atom is 0.0247 e. The highest BCUT2D eigenvalue weighted by Gasteiger charge is 2.13. The van der Waals surface area contributed by atoms with Crippen molar-refractivity contribution in [1.29, 1.82) is 0 Å². The Balaban J connectivity index is 3.39.